The summed E-state index contributed by atoms with van der Waals surface area (Å²) >= 11 is 0. The quantitative estimate of drug-likeness (QED) is 0.702. The van der Waals surface area contributed by atoms with Crippen molar-refractivity contribution in [2.75, 3.05) is 19.8 Å². The molecule has 16 heavy (non-hydrogen) atoms. The number of ether oxygens (including phenoxy) is 2. The van der Waals surface area contributed by atoms with Crippen molar-refractivity contribution in [3.05, 3.63) is 17.5 Å². The third-order valence-electron chi connectivity index (χ3n) is 1.90. The van der Waals surface area contributed by atoms with Crippen molar-refractivity contribution in [1.82, 2.24) is 9.97 Å². The number of rotatable bonds is 7. The summed E-state index contributed by atoms with van der Waals surface area (Å²) < 4.78 is 10.7. The van der Waals surface area contributed by atoms with E-state index in [0.717, 1.165) is 24.4 Å². The molecule has 0 bridgehead atoms. The lowest BCUT2D eigenvalue weighted by Crippen LogP contribution is -2.11. The van der Waals surface area contributed by atoms with E-state index >= 15 is 0 Å². The Labute approximate surface area is 96.0 Å². The zero-order valence-corrected chi connectivity index (χ0v) is 9.90. The number of nitrogens with two attached hydrogens (primary N) is 1. The zero-order chi connectivity index (χ0) is 11.8. The largest absolute Gasteiger partial charge is 0.461 e. The molecule has 1 rings (SSSR count). The Balaban J connectivity index is 2.38. The average Bonchev–Trinajstić information content (AvgIpc) is 2.28. The second-order valence-corrected chi connectivity index (χ2v) is 3.45. The van der Waals surface area contributed by atoms with E-state index in [1.165, 1.54) is 0 Å². The van der Waals surface area contributed by atoms with Gasteiger partial charge in [-0.3, -0.25) is 0 Å². The van der Waals surface area contributed by atoms with Crippen molar-refractivity contribution in [2.24, 2.45) is 5.73 Å². The van der Waals surface area contributed by atoms with Crippen LogP contribution in [-0.4, -0.2) is 29.8 Å². The van der Waals surface area contributed by atoms with Crippen molar-refractivity contribution in [3.8, 4) is 6.01 Å². The molecule has 0 aromatic carbocycles. The molecule has 0 aliphatic rings. The molecule has 2 N–H and O–H groups in total. The second-order valence-electron chi connectivity index (χ2n) is 3.45. The van der Waals surface area contributed by atoms with Crippen LogP contribution in [0, 0.1) is 6.92 Å². The Morgan fingerprint density at radius 2 is 2.06 bits per heavy atom. The van der Waals surface area contributed by atoms with Crippen molar-refractivity contribution in [3.63, 3.8) is 0 Å². The van der Waals surface area contributed by atoms with Crippen LogP contribution in [0.1, 0.15) is 24.7 Å². The van der Waals surface area contributed by atoms with Crippen LogP contribution < -0.4 is 10.5 Å². The molecule has 1 aromatic rings. The maximum atomic E-state index is 5.51. The molecule has 1 heterocycles. The van der Waals surface area contributed by atoms with Gasteiger partial charge in [0, 0.05) is 18.8 Å². The highest BCUT2D eigenvalue weighted by molar-refractivity contribution is 5.12. The van der Waals surface area contributed by atoms with Gasteiger partial charge in [-0.25, -0.2) is 4.98 Å². The smallest absolute Gasteiger partial charge is 0.316 e. The van der Waals surface area contributed by atoms with E-state index in [1.54, 1.807) is 0 Å². The van der Waals surface area contributed by atoms with Crippen LogP contribution in [0.15, 0.2) is 6.07 Å². The Morgan fingerprint density at radius 1 is 1.25 bits per heavy atom. The minimum absolute atomic E-state index is 0.376. The van der Waals surface area contributed by atoms with Crippen LogP contribution in [0.3, 0.4) is 0 Å². The van der Waals surface area contributed by atoms with Crippen LogP contribution in [0.25, 0.3) is 0 Å². The Morgan fingerprint density at radius 3 is 2.75 bits per heavy atom. The normalized spacial score (nSPS) is 10.4. The number of hydrogen-bond donors (Lipinski definition) is 1. The highest BCUT2D eigenvalue weighted by Gasteiger charge is 2.01. The SMILES string of the molecule is CCCOCCOc1nc(C)cc(CN)n1. The lowest BCUT2D eigenvalue weighted by Gasteiger charge is -2.06. The number of aryl methyl sites for hydroxylation is 1. The predicted molar refractivity (Wildman–Crippen MR) is 61.3 cm³/mol. The van der Waals surface area contributed by atoms with E-state index in [0.29, 0.717) is 25.8 Å². The summed E-state index contributed by atoms with van der Waals surface area (Å²) in [5.41, 5.74) is 7.16. The van der Waals surface area contributed by atoms with Crippen molar-refractivity contribution in [1.29, 1.82) is 0 Å². The van der Waals surface area contributed by atoms with Gasteiger partial charge < -0.3 is 15.2 Å². The van der Waals surface area contributed by atoms with Gasteiger partial charge in [-0.05, 0) is 19.4 Å². The van der Waals surface area contributed by atoms with Gasteiger partial charge in [-0.2, -0.15) is 4.98 Å². The summed E-state index contributed by atoms with van der Waals surface area (Å²) in [6.45, 7) is 6.13. The fraction of sp³-hybridized carbons (Fsp3) is 0.636. The van der Waals surface area contributed by atoms with Gasteiger partial charge in [-0.1, -0.05) is 6.92 Å². The number of aromatic nitrogens is 2. The molecular weight excluding hydrogens is 206 g/mol. The minimum Gasteiger partial charge on any atom is -0.461 e. The standard InChI is InChI=1S/C11H19N3O2/c1-3-4-15-5-6-16-11-13-9(2)7-10(8-12)14-11/h7H,3-6,8,12H2,1-2H3. The maximum absolute atomic E-state index is 5.51. The first-order valence-electron chi connectivity index (χ1n) is 5.51. The van der Waals surface area contributed by atoms with E-state index in [1.807, 2.05) is 13.0 Å². The van der Waals surface area contributed by atoms with E-state index in [2.05, 4.69) is 16.9 Å². The Bertz CT molecular complexity index is 318. The van der Waals surface area contributed by atoms with Crippen molar-refractivity contribution >= 4 is 0 Å². The van der Waals surface area contributed by atoms with Gasteiger partial charge in [0.2, 0.25) is 0 Å². The summed E-state index contributed by atoms with van der Waals surface area (Å²) in [5, 5.41) is 0. The first-order chi connectivity index (χ1) is 7.76. The van der Waals surface area contributed by atoms with Crippen LogP contribution >= 0.6 is 0 Å². The van der Waals surface area contributed by atoms with E-state index < -0.39 is 0 Å². The molecule has 0 aliphatic heterocycles. The highest BCUT2D eigenvalue weighted by Crippen LogP contribution is 2.06. The van der Waals surface area contributed by atoms with Gasteiger partial charge in [0.05, 0.1) is 12.3 Å². The summed E-state index contributed by atoms with van der Waals surface area (Å²) in [6.07, 6.45) is 1.01. The molecule has 0 spiro atoms. The molecule has 0 radical (unpaired) electrons. The lowest BCUT2D eigenvalue weighted by atomic mass is 10.3. The van der Waals surface area contributed by atoms with Crippen molar-refractivity contribution in [2.45, 2.75) is 26.8 Å². The van der Waals surface area contributed by atoms with Crippen LogP contribution in [-0.2, 0) is 11.3 Å². The molecule has 0 aliphatic carbocycles. The predicted octanol–water partition coefficient (Wildman–Crippen LogP) is 1.05. The summed E-state index contributed by atoms with van der Waals surface area (Å²) in [6, 6.07) is 2.22. The molecule has 0 saturated heterocycles. The fourth-order valence-electron chi connectivity index (χ4n) is 1.21. The lowest BCUT2D eigenvalue weighted by molar-refractivity contribution is 0.0970. The first-order valence-corrected chi connectivity index (χ1v) is 5.51. The van der Waals surface area contributed by atoms with E-state index in [9.17, 15) is 0 Å². The molecule has 1 aromatic heterocycles. The summed E-state index contributed by atoms with van der Waals surface area (Å²) in [4.78, 5) is 8.31. The highest BCUT2D eigenvalue weighted by atomic mass is 16.5. The van der Waals surface area contributed by atoms with Gasteiger partial charge >= 0.3 is 6.01 Å². The molecule has 0 fully saturated rings. The first kappa shape index (κ1) is 12.9. The third kappa shape index (κ3) is 4.55. The van der Waals surface area contributed by atoms with Gasteiger partial charge in [0.25, 0.3) is 0 Å². The van der Waals surface area contributed by atoms with E-state index in [-0.39, 0.29) is 0 Å². The molecule has 0 unspecified atom stereocenters. The average molecular weight is 225 g/mol. The maximum Gasteiger partial charge on any atom is 0.316 e. The monoisotopic (exact) mass is 225 g/mol. The van der Waals surface area contributed by atoms with Crippen molar-refractivity contribution < 1.29 is 9.47 Å². The Kier molecular flexibility index (Phi) is 5.74. The summed E-state index contributed by atoms with van der Waals surface area (Å²) in [7, 11) is 0. The van der Waals surface area contributed by atoms with Crippen LogP contribution in [0.4, 0.5) is 0 Å². The number of nitrogens with zero attached hydrogens (tertiary/aromatic N) is 2. The molecule has 5 nitrogen and oxygen atoms in total. The van der Waals surface area contributed by atoms with Crippen LogP contribution in [0.5, 0.6) is 6.01 Å². The molecular formula is C11H19N3O2. The van der Waals surface area contributed by atoms with E-state index in [4.69, 9.17) is 15.2 Å². The minimum atomic E-state index is 0.376. The van der Waals surface area contributed by atoms with Crippen LogP contribution in [0.2, 0.25) is 0 Å². The zero-order valence-electron chi connectivity index (χ0n) is 9.90. The molecule has 0 amide bonds. The Hall–Kier alpha value is -1.20. The topological polar surface area (TPSA) is 70.3 Å². The number of hydrogen-bond acceptors (Lipinski definition) is 5. The second kappa shape index (κ2) is 7.14. The fourth-order valence-corrected chi connectivity index (χ4v) is 1.21. The van der Waals surface area contributed by atoms with Gasteiger partial charge in [0.15, 0.2) is 0 Å². The molecule has 0 saturated carbocycles. The third-order valence-corrected chi connectivity index (χ3v) is 1.90. The summed E-state index contributed by atoms with van der Waals surface area (Å²) in [5.74, 6) is 0. The van der Waals surface area contributed by atoms with Gasteiger partial charge in [-0.15, -0.1) is 0 Å². The van der Waals surface area contributed by atoms with Gasteiger partial charge in [0.1, 0.15) is 6.61 Å². The molecule has 90 valence electrons. The molecule has 5 heteroatoms. The molecule has 0 atom stereocenters.